The van der Waals surface area contributed by atoms with Crippen LogP contribution >= 0.6 is 0 Å². The number of carbonyl (C=O) groups is 1. The molecule has 2 aromatic carbocycles. The number of ketones is 1. The predicted octanol–water partition coefficient (Wildman–Crippen LogP) is 4.18. The van der Waals surface area contributed by atoms with E-state index in [1.165, 1.54) is 6.07 Å². The summed E-state index contributed by atoms with van der Waals surface area (Å²) in [5.74, 6) is -1.29. The minimum atomic E-state index is -0.941. The molecule has 0 aliphatic rings. The molecule has 0 saturated heterocycles. The first-order valence-corrected chi connectivity index (χ1v) is 6.80. The SMILES string of the molecule is CCCOc1ccc(C(=O)Cc2ccc(F)c(F)c2)cc1. The van der Waals surface area contributed by atoms with Crippen molar-refractivity contribution in [1.82, 2.24) is 0 Å². The molecule has 0 amide bonds. The zero-order valence-corrected chi connectivity index (χ0v) is 11.7. The molecule has 0 heterocycles. The van der Waals surface area contributed by atoms with E-state index in [9.17, 15) is 13.6 Å². The summed E-state index contributed by atoms with van der Waals surface area (Å²) >= 11 is 0. The van der Waals surface area contributed by atoms with Crippen LogP contribution in [0.25, 0.3) is 0 Å². The second-order valence-corrected chi connectivity index (χ2v) is 4.72. The van der Waals surface area contributed by atoms with Gasteiger partial charge in [-0.25, -0.2) is 8.78 Å². The molecular weight excluding hydrogens is 274 g/mol. The fraction of sp³-hybridized carbons (Fsp3) is 0.235. The molecule has 2 nitrogen and oxygen atoms in total. The number of rotatable bonds is 6. The molecular formula is C17H16F2O2. The van der Waals surface area contributed by atoms with Crippen LogP contribution in [0.3, 0.4) is 0 Å². The van der Waals surface area contributed by atoms with Gasteiger partial charge in [0, 0.05) is 12.0 Å². The van der Waals surface area contributed by atoms with Crippen LogP contribution < -0.4 is 4.74 Å². The molecule has 2 rings (SSSR count). The first-order valence-electron chi connectivity index (χ1n) is 6.80. The monoisotopic (exact) mass is 290 g/mol. The van der Waals surface area contributed by atoms with Gasteiger partial charge in [-0.05, 0) is 48.4 Å². The van der Waals surface area contributed by atoms with E-state index in [0.29, 0.717) is 23.5 Å². The van der Waals surface area contributed by atoms with Crippen molar-refractivity contribution in [3.8, 4) is 5.75 Å². The summed E-state index contributed by atoms with van der Waals surface area (Å²) in [6, 6.07) is 10.3. The standard InChI is InChI=1S/C17H16F2O2/c1-2-9-21-14-6-4-13(5-7-14)17(20)11-12-3-8-15(18)16(19)10-12/h3-8,10H,2,9,11H2,1H3. The molecule has 0 spiro atoms. The number of carbonyl (C=O) groups excluding carboxylic acids is 1. The zero-order valence-electron chi connectivity index (χ0n) is 11.7. The number of Topliss-reactive ketones (excluding diaryl/α,β-unsaturated/α-hetero) is 1. The van der Waals surface area contributed by atoms with Crippen molar-refractivity contribution >= 4 is 5.78 Å². The third-order valence-electron chi connectivity index (χ3n) is 3.00. The fourth-order valence-electron chi connectivity index (χ4n) is 1.89. The van der Waals surface area contributed by atoms with Gasteiger partial charge in [0.05, 0.1) is 6.61 Å². The number of hydrogen-bond donors (Lipinski definition) is 0. The minimum Gasteiger partial charge on any atom is -0.494 e. The van der Waals surface area contributed by atoms with Gasteiger partial charge in [-0.2, -0.15) is 0 Å². The third-order valence-corrected chi connectivity index (χ3v) is 3.00. The Morgan fingerprint density at radius 3 is 2.38 bits per heavy atom. The maximum Gasteiger partial charge on any atom is 0.167 e. The number of ether oxygens (including phenoxy) is 1. The van der Waals surface area contributed by atoms with Crippen LogP contribution in [0.4, 0.5) is 8.78 Å². The van der Waals surface area contributed by atoms with E-state index in [-0.39, 0.29) is 12.2 Å². The highest BCUT2D eigenvalue weighted by Crippen LogP contribution is 2.15. The topological polar surface area (TPSA) is 26.3 Å². The summed E-state index contributed by atoms with van der Waals surface area (Å²) in [7, 11) is 0. The molecule has 0 radical (unpaired) electrons. The van der Waals surface area contributed by atoms with Crippen LogP contribution in [-0.4, -0.2) is 12.4 Å². The summed E-state index contributed by atoms with van der Waals surface area (Å²) in [4.78, 5) is 12.1. The second-order valence-electron chi connectivity index (χ2n) is 4.72. The highest BCUT2D eigenvalue weighted by Gasteiger charge is 2.09. The average molecular weight is 290 g/mol. The predicted molar refractivity (Wildman–Crippen MR) is 76.6 cm³/mol. The van der Waals surface area contributed by atoms with Crippen molar-refractivity contribution in [1.29, 1.82) is 0 Å². The normalized spacial score (nSPS) is 10.4. The van der Waals surface area contributed by atoms with Gasteiger partial charge >= 0.3 is 0 Å². The van der Waals surface area contributed by atoms with Gasteiger partial charge in [-0.3, -0.25) is 4.79 Å². The third kappa shape index (κ3) is 4.12. The van der Waals surface area contributed by atoms with Gasteiger partial charge in [0.2, 0.25) is 0 Å². The molecule has 0 fully saturated rings. The molecule has 110 valence electrons. The molecule has 0 N–H and O–H groups in total. The Morgan fingerprint density at radius 2 is 1.76 bits per heavy atom. The quantitative estimate of drug-likeness (QED) is 0.746. The summed E-state index contributed by atoms with van der Waals surface area (Å²) in [5.41, 5.74) is 0.966. The van der Waals surface area contributed by atoms with Crippen LogP contribution in [0.15, 0.2) is 42.5 Å². The van der Waals surface area contributed by atoms with Crippen LogP contribution in [0.5, 0.6) is 5.75 Å². The van der Waals surface area contributed by atoms with Crippen molar-refractivity contribution in [2.24, 2.45) is 0 Å². The van der Waals surface area contributed by atoms with Crippen molar-refractivity contribution in [3.05, 3.63) is 65.2 Å². The Bertz CT molecular complexity index is 621. The summed E-state index contributed by atoms with van der Waals surface area (Å²) < 4.78 is 31.4. The van der Waals surface area contributed by atoms with Gasteiger partial charge in [0.25, 0.3) is 0 Å². The van der Waals surface area contributed by atoms with E-state index >= 15 is 0 Å². The molecule has 21 heavy (non-hydrogen) atoms. The Balaban J connectivity index is 2.04. The Hall–Kier alpha value is -2.23. The average Bonchev–Trinajstić information content (AvgIpc) is 2.49. The molecule has 4 heteroatoms. The minimum absolute atomic E-state index is 0.0341. The molecule has 0 aliphatic heterocycles. The first-order chi connectivity index (χ1) is 10.1. The van der Waals surface area contributed by atoms with E-state index in [2.05, 4.69) is 0 Å². The molecule has 0 bridgehead atoms. The molecule has 0 aromatic heterocycles. The van der Waals surface area contributed by atoms with Crippen molar-refractivity contribution in [3.63, 3.8) is 0 Å². The maximum absolute atomic E-state index is 13.1. The highest BCUT2D eigenvalue weighted by atomic mass is 19.2. The Morgan fingerprint density at radius 1 is 1.05 bits per heavy atom. The van der Waals surface area contributed by atoms with Gasteiger partial charge in [0.1, 0.15) is 5.75 Å². The highest BCUT2D eigenvalue weighted by molar-refractivity contribution is 5.97. The van der Waals surface area contributed by atoms with Crippen LogP contribution in [-0.2, 0) is 6.42 Å². The smallest absolute Gasteiger partial charge is 0.167 e. The summed E-state index contributed by atoms with van der Waals surface area (Å²) in [5, 5.41) is 0. The zero-order chi connectivity index (χ0) is 15.2. The fourth-order valence-corrected chi connectivity index (χ4v) is 1.89. The van der Waals surface area contributed by atoms with E-state index in [0.717, 1.165) is 18.6 Å². The van der Waals surface area contributed by atoms with Gasteiger partial charge < -0.3 is 4.74 Å². The lowest BCUT2D eigenvalue weighted by molar-refractivity contribution is 0.0993. The molecule has 0 atom stereocenters. The number of halogens is 2. The summed E-state index contributed by atoms with van der Waals surface area (Å²) in [6.07, 6.45) is 0.948. The van der Waals surface area contributed by atoms with E-state index in [1.807, 2.05) is 6.92 Å². The van der Waals surface area contributed by atoms with Crippen LogP contribution in [0.2, 0.25) is 0 Å². The van der Waals surface area contributed by atoms with Crippen molar-refractivity contribution in [2.45, 2.75) is 19.8 Å². The van der Waals surface area contributed by atoms with Crippen molar-refractivity contribution < 1.29 is 18.3 Å². The van der Waals surface area contributed by atoms with Crippen LogP contribution in [0, 0.1) is 11.6 Å². The second kappa shape index (κ2) is 6.97. The van der Waals surface area contributed by atoms with Crippen molar-refractivity contribution in [2.75, 3.05) is 6.61 Å². The lowest BCUT2D eigenvalue weighted by atomic mass is 10.0. The lowest BCUT2D eigenvalue weighted by Crippen LogP contribution is -2.04. The van der Waals surface area contributed by atoms with Gasteiger partial charge in [-0.1, -0.05) is 13.0 Å². The number of benzene rings is 2. The lowest BCUT2D eigenvalue weighted by Gasteiger charge is -2.06. The van der Waals surface area contributed by atoms with E-state index in [1.54, 1.807) is 24.3 Å². The molecule has 2 aromatic rings. The number of hydrogen-bond acceptors (Lipinski definition) is 2. The summed E-state index contributed by atoms with van der Waals surface area (Å²) in [6.45, 7) is 2.64. The molecule has 0 unspecified atom stereocenters. The molecule has 0 aliphatic carbocycles. The van der Waals surface area contributed by atoms with E-state index in [4.69, 9.17) is 4.74 Å². The van der Waals surface area contributed by atoms with Crippen LogP contribution in [0.1, 0.15) is 29.3 Å². The first kappa shape index (κ1) is 15.2. The molecule has 0 saturated carbocycles. The Labute approximate surface area is 122 Å². The van der Waals surface area contributed by atoms with E-state index < -0.39 is 11.6 Å². The van der Waals surface area contributed by atoms with Gasteiger partial charge in [-0.15, -0.1) is 0 Å². The van der Waals surface area contributed by atoms with Gasteiger partial charge in [0.15, 0.2) is 17.4 Å². The largest absolute Gasteiger partial charge is 0.494 e. The maximum atomic E-state index is 13.1. The Kier molecular flexibility index (Phi) is 5.04.